The Kier molecular flexibility index (Phi) is 8.12. The van der Waals surface area contributed by atoms with Gasteiger partial charge in [0.15, 0.2) is 5.92 Å². The smallest absolute Gasteiger partial charge is 0.480 e. The molecule has 0 aliphatic carbocycles. The van der Waals surface area contributed by atoms with Crippen molar-refractivity contribution in [2.75, 3.05) is 0 Å². The normalized spacial score (nSPS) is 11.2. The van der Waals surface area contributed by atoms with E-state index in [0.29, 0.717) is 0 Å². The SMILES string of the molecule is CC(C)(C)OC(=O)OC(C)(C)C.O=C(O)C(C(=O)O)c1ccccc1. The molecule has 140 valence electrons. The highest BCUT2D eigenvalue weighted by molar-refractivity contribution is 5.98. The quantitative estimate of drug-likeness (QED) is 0.629. The molecule has 0 aromatic heterocycles. The number of carbonyl (C=O) groups excluding carboxylic acids is 1. The third kappa shape index (κ3) is 10.8. The molecule has 7 nitrogen and oxygen atoms in total. The fourth-order valence-corrected chi connectivity index (χ4v) is 1.56. The van der Waals surface area contributed by atoms with Crippen LogP contribution in [0.2, 0.25) is 0 Å². The Morgan fingerprint density at radius 1 is 0.800 bits per heavy atom. The molecule has 25 heavy (non-hydrogen) atoms. The molecule has 0 spiro atoms. The van der Waals surface area contributed by atoms with Crippen molar-refractivity contribution in [1.29, 1.82) is 0 Å². The van der Waals surface area contributed by atoms with Crippen LogP contribution in [0.25, 0.3) is 0 Å². The summed E-state index contributed by atoms with van der Waals surface area (Å²) >= 11 is 0. The van der Waals surface area contributed by atoms with E-state index < -0.39 is 35.2 Å². The van der Waals surface area contributed by atoms with Gasteiger partial charge in [0.25, 0.3) is 0 Å². The fraction of sp³-hybridized carbons (Fsp3) is 0.500. The second-order valence-corrected chi connectivity index (χ2v) is 7.20. The first-order valence-corrected chi connectivity index (χ1v) is 7.65. The zero-order valence-electron chi connectivity index (χ0n) is 15.4. The molecule has 0 aliphatic heterocycles. The lowest BCUT2D eigenvalue weighted by atomic mass is 10.00. The van der Waals surface area contributed by atoms with Gasteiger partial charge in [0, 0.05) is 0 Å². The van der Waals surface area contributed by atoms with E-state index in [2.05, 4.69) is 0 Å². The van der Waals surface area contributed by atoms with Crippen LogP contribution in [0.1, 0.15) is 53.0 Å². The Balaban J connectivity index is 0.000000463. The number of aliphatic carboxylic acids is 2. The maximum Gasteiger partial charge on any atom is 0.509 e. The lowest BCUT2D eigenvalue weighted by Crippen LogP contribution is -2.30. The van der Waals surface area contributed by atoms with Gasteiger partial charge in [-0.15, -0.1) is 0 Å². The van der Waals surface area contributed by atoms with Crippen molar-refractivity contribution < 1.29 is 34.1 Å². The van der Waals surface area contributed by atoms with E-state index >= 15 is 0 Å². The van der Waals surface area contributed by atoms with E-state index in [1.165, 1.54) is 12.1 Å². The first kappa shape index (κ1) is 22.4. The van der Waals surface area contributed by atoms with Gasteiger partial charge in [-0.25, -0.2) is 4.79 Å². The van der Waals surface area contributed by atoms with E-state index in [-0.39, 0.29) is 5.56 Å². The van der Waals surface area contributed by atoms with Crippen LogP contribution in [0.3, 0.4) is 0 Å². The number of ether oxygens (including phenoxy) is 2. The van der Waals surface area contributed by atoms with Crippen LogP contribution in [0.4, 0.5) is 4.79 Å². The average molecular weight is 354 g/mol. The molecule has 1 aromatic rings. The van der Waals surface area contributed by atoms with Crippen LogP contribution in [0, 0.1) is 0 Å². The molecule has 0 atom stereocenters. The molecule has 0 saturated carbocycles. The Bertz CT molecular complexity index is 548. The van der Waals surface area contributed by atoms with Crippen molar-refractivity contribution >= 4 is 18.1 Å². The summed E-state index contributed by atoms with van der Waals surface area (Å²) in [6, 6.07) is 7.87. The fourth-order valence-electron chi connectivity index (χ4n) is 1.56. The van der Waals surface area contributed by atoms with E-state index in [1.54, 1.807) is 59.7 Å². The van der Waals surface area contributed by atoms with Gasteiger partial charge in [-0.05, 0) is 47.1 Å². The van der Waals surface area contributed by atoms with Crippen LogP contribution in [0.15, 0.2) is 30.3 Å². The van der Waals surface area contributed by atoms with E-state index in [0.717, 1.165) is 0 Å². The van der Waals surface area contributed by atoms with Crippen molar-refractivity contribution in [3.8, 4) is 0 Å². The van der Waals surface area contributed by atoms with E-state index in [9.17, 15) is 14.4 Å². The maximum absolute atomic E-state index is 11.0. The number of hydrogen-bond acceptors (Lipinski definition) is 5. The molecular formula is C18H26O7. The zero-order chi connectivity index (χ0) is 19.8. The summed E-state index contributed by atoms with van der Waals surface area (Å²) in [5.41, 5.74) is -0.687. The van der Waals surface area contributed by atoms with Crippen molar-refractivity contribution in [2.45, 2.75) is 58.7 Å². The Morgan fingerprint density at radius 3 is 1.44 bits per heavy atom. The Morgan fingerprint density at radius 2 is 1.16 bits per heavy atom. The Hall–Kier alpha value is -2.57. The van der Waals surface area contributed by atoms with Gasteiger partial charge in [-0.2, -0.15) is 0 Å². The second-order valence-electron chi connectivity index (χ2n) is 7.20. The van der Waals surface area contributed by atoms with Crippen molar-refractivity contribution in [2.24, 2.45) is 0 Å². The molecule has 0 bridgehead atoms. The number of carboxylic acid groups (broad SMARTS) is 2. The summed E-state index contributed by atoms with van der Waals surface area (Å²) in [5, 5.41) is 17.2. The predicted molar refractivity (Wildman–Crippen MR) is 91.5 cm³/mol. The number of hydrogen-bond donors (Lipinski definition) is 2. The van der Waals surface area contributed by atoms with Gasteiger partial charge in [0.2, 0.25) is 0 Å². The number of benzene rings is 1. The van der Waals surface area contributed by atoms with Gasteiger partial charge in [-0.3, -0.25) is 9.59 Å². The topological polar surface area (TPSA) is 110 Å². The van der Waals surface area contributed by atoms with Crippen LogP contribution < -0.4 is 0 Å². The van der Waals surface area contributed by atoms with Crippen LogP contribution in [-0.4, -0.2) is 39.5 Å². The summed E-state index contributed by atoms with van der Waals surface area (Å²) in [6.45, 7) is 10.8. The van der Waals surface area contributed by atoms with Crippen LogP contribution in [0.5, 0.6) is 0 Å². The minimum absolute atomic E-state index is 0.280. The van der Waals surface area contributed by atoms with Crippen LogP contribution in [-0.2, 0) is 19.1 Å². The zero-order valence-corrected chi connectivity index (χ0v) is 15.4. The molecular weight excluding hydrogens is 328 g/mol. The highest BCUT2D eigenvalue weighted by atomic mass is 16.7. The molecule has 0 saturated heterocycles. The Labute approximate surface area is 147 Å². The van der Waals surface area contributed by atoms with Crippen LogP contribution >= 0.6 is 0 Å². The molecule has 0 fully saturated rings. The average Bonchev–Trinajstić information content (AvgIpc) is 2.34. The molecule has 7 heteroatoms. The molecule has 2 N–H and O–H groups in total. The minimum atomic E-state index is -1.47. The third-order valence-electron chi connectivity index (χ3n) is 2.41. The van der Waals surface area contributed by atoms with E-state index in [4.69, 9.17) is 19.7 Å². The molecule has 0 radical (unpaired) electrons. The highest BCUT2D eigenvalue weighted by Gasteiger charge is 2.27. The summed E-state index contributed by atoms with van der Waals surface area (Å²) in [5.74, 6) is -4.17. The van der Waals surface area contributed by atoms with Gasteiger partial charge in [0.1, 0.15) is 11.2 Å². The second kappa shape index (κ2) is 9.05. The summed E-state index contributed by atoms with van der Waals surface area (Å²) in [4.78, 5) is 32.2. The lowest BCUT2D eigenvalue weighted by molar-refractivity contribution is -0.150. The van der Waals surface area contributed by atoms with Crippen molar-refractivity contribution in [3.05, 3.63) is 35.9 Å². The standard InChI is InChI=1S/C9H8O4.C9H18O3/c10-8(11)7(9(12)13)6-4-2-1-3-5-6;1-8(2,3)11-7(10)12-9(4,5)6/h1-5,7H,(H,10,11)(H,12,13);1-6H3. The molecule has 1 rings (SSSR count). The van der Waals surface area contributed by atoms with Crippen molar-refractivity contribution in [1.82, 2.24) is 0 Å². The minimum Gasteiger partial charge on any atom is -0.480 e. The van der Waals surface area contributed by atoms with Gasteiger partial charge < -0.3 is 19.7 Å². The molecule has 0 unspecified atom stereocenters. The number of rotatable bonds is 3. The number of carbonyl (C=O) groups is 3. The monoisotopic (exact) mass is 354 g/mol. The molecule has 0 heterocycles. The summed E-state index contributed by atoms with van der Waals surface area (Å²) in [6.07, 6.45) is -0.616. The molecule has 1 aromatic carbocycles. The third-order valence-corrected chi connectivity index (χ3v) is 2.41. The molecule has 0 amide bonds. The predicted octanol–water partition coefficient (Wildman–Crippen LogP) is 3.68. The number of carboxylic acids is 2. The summed E-state index contributed by atoms with van der Waals surface area (Å²) < 4.78 is 9.91. The van der Waals surface area contributed by atoms with E-state index in [1.807, 2.05) is 0 Å². The first-order chi connectivity index (χ1) is 11.2. The van der Waals surface area contributed by atoms with Crippen molar-refractivity contribution in [3.63, 3.8) is 0 Å². The van der Waals surface area contributed by atoms with Gasteiger partial charge in [0.05, 0.1) is 0 Å². The summed E-state index contributed by atoms with van der Waals surface area (Å²) in [7, 11) is 0. The largest absolute Gasteiger partial charge is 0.509 e. The van der Waals surface area contributed by atoms with Gasteiger partial charge >= 0.3 is 18.1 Å². The van der Waals surface area contributed by atoms with Gasteiger partial charge in [-0.1, -0.05) is 30.3 Å². The first-order valence-electron chi connectivity index (χ1n) is 7.65. The molecule has 0 aliphatic rings. The maximum atomic E-state index is 11.0. The highest BCUT2D eigenvalue weighted by Crippen LogP contribution is 2.15. The lowest BCUT2D eigenvalue weighted by Gasteiger charge is -2.24.